The number of carbonyl (C=O) groups excluding carboxylic acids is 2. The van der Waals surface area contributed by atoms with Crippen LogP contribution in [-0.4, -0.2) is 66.4 Å². The van der Waals surface area contributed by atoms with Crippen molar-refractivity contribution in [2.45, 2.75) is 139 Å². The molecule has 1 aromatic carbocycles. The molecule has 0 aromatic heterocycles. The average Bonchev–Trinajstić information content (AvgIpc) is 3.71. The van der Waals surface area contributed by atoms with E-state index in [-0.39, 0.29) is 28.9 Å². The fourth-order valence-electron chi connectivity index (χ4n) is 8.83. The van der Waals surface area contributed by atoms with E-state index in [4.69, 9.17) is 9.47 Å². The van der Waals surface area contributed by atoms with Crippen LogP contribution < -0.4 is 21.3 Å². The number of epoxide rings is 2. The summed E-state index contributed by atoms with van der Waals surface area (Å²) in [6, 6.07) is 6.42. The summed E-state index contributed by atoms with van der Waals surface area (Å²) in [6.07, 6.45) is 11.1. The minimum absolute atomic E-state index is 0.0161. The van der Waals surface area contributed by atoms with Gasteiger partial charge in [0, 0.05) is 18.3 Å². The number of piperazine rings is 1. The lowest BCUT2D eigenvalue weighted by Gasteiger charge is -2.35. The number of rotatable bonds is 10. The summed E-state index contributed by atoms with van der Waals surface area (Å²) >= 11 is 0. The largest absolute Gasteiger partial charge is 0.385 e. The molecule has 8 heteroatoms. The summed E-state index contributed by atoms with van der Waals surface area (Å²) in [5.41, 5.74) is 3.86. The zero-order chi connectivity index (χ0) is 29.9. The number of anilines is 1. The van der Waals surface area contributed by atoms with Crippen molar-refractivity contribution in [1.82, 2.24) is 16.0 Å². The molecule has 0 spiro atoms. The zero-order valence-electron chi connectivity index (χ0n) is 26.5. The monoisotopic (exact) mass is 592 g/mol. The van der Waals surface area contributed by atoms with Gasteiger partial charge in [-0.15, -0.1) is 0 Å². The number of aryl methyl sites for hydroxylation is 1. The van der Waals surface area contributed by atoms with Crippen LogP contribution in [0.1, 0.15) is 103 Å². The molecule has 0 radical (unpaired) electrons. The number of ether oxygens (including phenoxy) is 2. The summed E-state index contributed by atoms with van der Waals surface area (Å²) in [4.78, 5) is 26.4. The Morgan fingerprint density at radius 3 is 2.37 bits per heavy atom. The van der Waals surface area contributed by atoms with Gasteiger partial charge in [0.05, 0.1) is 23.4 Å². The molecule has 0 bridgehead atoms. The molecule has 9 unspecified atom stereocenters. The molecule has 4 N–H and O–H groups in total. The maximum Gasteiger partial charge on any atom is 0.243 e. The van der Waals surface area contributed by atoms with E-state index >= 15 is 0 Å². The molecule has 6 aliphatic rings. The standard InChI is InChI=1S/C35H52N4O4/c1-34(2)30(42-34)12-7-20-5-9-24-22(13-14-36-27(24)15-20)18-29-33(41)38-26(32(40)39-29)11-8-23-19-37-28-16-21(6-10-25(23)28)17-31-35(3,4)43-31/h5,9,15,21-23,25-26,28-31,36-37H,6-8,10-14,16-19H2,1-4H3,(H,38,41)(H,39,40). The third-order valence-electron chi connectivity index (χ3n) is 11.8. The second-order valence-electron chi connectivity index (χ2n) is 15.6. The van der Waals surface area contributed by atoms with Crippen LogP contribution in [0.3, 0.4) is 0 Å². The van der Waals surface area contributed by atoms with Crippen LogP contribution in [0.25, 0.3) is 0 Å². The summed E-state index contributed by atoms with van der Waals surface area (Å²) in [7, 11) is 0. The molecule has 8 nitrogen and oxygen atoms in total. The molecule has 1 saturated carbocycles. The molecular weight excluding hydrogens is 540 g/mol. The fraction of sp³-hybridized carbons (Fsp3) is 0.771. The lowest BCUT2D eigenvalue weighted by molar-refractivity contribution is -0.137. The molecule has 5 heterocycles. The van der Waals surface area contributed by atoms with Crippen LogP contribution in [0.2, 0.25) is 0 Å². The Balaban J connectivity index is 0.879. The van der Waals surface area contributed by atoms with Gasteiger partial charge in [0.1, 0.15) is 12.1 Å². The highest BCUT2D eigenvalue weighted by Gasteiger charge is 2.50. The normalized spacial score (nSPS) is 38.7. The van der Waals surface area contributed by atoms with Gasteiger partial charge in [0.2, 0.25) is 11.8 Å². The van der Waals surface area contributed by atoms with Crippen molar-refractivity contribution >= 4 is 17.5 Å². The van der Waals surface area contributed by atoms with Crippen molar-refractivity contribution in [1.29, 1.82) is 0 Å². The number of benzene rings is 1. The molecule has 7 rings (SSSR count). The third-order valence-corrected chi connectivity index (χ3v) is 11.8. The second kappa shape index (κ2) is 11.3. The van der Waals surface area contributed by atoms with E-state index in [1.807, 2.05) is 0 Å². The van der Waals surface area contributed by atoms with Crippen LogP contribution >= 0.6 is 0 Å². The van der Waals surface area contributed by atoms with Gasteiger partial charge in [-0.1, -0.05) is 12.1 Å². The van der Waals surface area contributed by atoms with Gasteiger partial charge in [-0.05, 0) is 139 Å². The molecule has 4 saturated heterocycles. The van der Waals surface area contributed by atoms with E-state index in [1.165, 1.54) is 42.5 Å². The molecule has 236 valence electrons. The minimum atomic E-state index is -0.471. The molecular formula is C35H52N4O4. The maximum absolute atomic E-state index is 13.2. The lowest BCUT2D eigenvalue weighted by Crippen LogP contribution is -2.62. The minimum Gasteiger partial charge on any atom is -0.385 e. The maximum atomic E-state index is 13.2. The van der Waals surface area contributed by atoms with Gasteiger partial charge < -0.3 is 30.7 Å². The van der Waals surface area contributed by atoms with Gasteiger partial charge in [-0.2, -0.15) is 0 Å². The Kier molecular flexibility index (Phi) is 7.78. The number of hydrogen-bond acceptors (Lipinski definition) is 6. The van der Waals surface area contributed by atoms with Gasteiger partial charge in [-0.3, -0.25) is 9.59 Å². The van der Waals surface area contributed by atoms with Gasteiger partial charge in [-0.25, -0.2) is 0 Å². The van der Waals surface area contributed by atoms with Crippen LogP contribution in [0.15, 0.2) is 18.2 Å². The quantitative estimate of drug-likeness (QED) is 0.300. The molecule has 2 amide bonds. The first-order chi connectivity index (χ1) is 20.6. The third kappa shape index (κ3) is 6.34. The Bertz CT molecular complexity index is 1230. The van der Waals surface area contributed by atoms with Crippen LogP contribution in [0, 0.1) is 17.8 Å². The summed E-state index contributed by atoms with van der Waals surface area (Å²) < 4.78 is 11.6. The molecule has 1 aromatic rings. The predicted molar refractivity (Wildman–Crippen MR) is 167 cm³/mol. The summed E-state index contributed by atoms with van der Waals surface area (Å²) in [6.45, 7) is 10.6. The first-order valence-corrected chi connectivity index (χ1v) is 17.1. The smallest absolute Gasteiger partial charge is 0.243 e. The molecule has 1 aliphatic carbocycles. The van der Waals surface area contributed by atoms with Crippen molar-refractivity contribution in [2.75, 3.05) is 18.4 Å². The van der Waals surface area contributed by atoms with E-state index in [0.29, 0.717) is 36.5 Å². The highest BCUT2D eigenvalue weighted by atomic mass is 16.6. The number of carbonyl (C=O) groups is 2. The van der Waals surface area contributed by atoms with Gasteiger partial charge in [0.15, 0.2) is 0 Å². The van der Waals surface area contributed by atoms with E-state index < -0.39 is 12.1 Å². The number of amides is 2. The Morgan fingerprint density at radius 1 is 0.860 bits per heavy atom. The zero-order valence-corrected chi connectivity index (χ0v) is 26.5. The topological polar surface area (TPSA) is 107 Å². The molecule has 5 fully saturated rings. The van der Waals surface area contributed by atoms with Crippen molar-refractivity contribution < 1.29 is 19.1 Å². The molecule has 43 heavy (non-hydrogen) atoms. The number of nitrogens with one attached hydrogen (secondary N) is 4. The van der Waals surface area contributed by atoms with Crippen molar-refractivity contribution in [3.8, 4) is 0 Å². The highest BCUT2D eigenvalue weighted by molar-refractivity contribution is 5.97. The SMILES string of the molecule is CC1(C)OC1CCc1ccc2c(c1)NCCC2CC1NC(=O)C(CCC2CNC3CC(CC4OC4(C)C)CCC23)NC1=O. The first kappa shape index (κ1) is 29.5. The Labute approximate surface area is 257 Å². The first-order valence-electron chi connectivity index (χ1n) is 17.1. The summed E-state index contributed by atoms with van der Waals surface area (Å²) in [5.74, 6) is 2.23. The molecule has 5 aliphatic heterocycles. The Morgan fingerprint density at radius 2 is 1.60 bits per heavy atom. The second-order valence-corrected chi connectivity index (χ2v) is 15.6. The van der Waals surface area contributed by atoms with Crippen LogP contribution in [0.5, 0.6) is 0 Å². The highest BCUT2D eigenvalue weighted by Crippen LogP contribution is 2.46. The fourth-order valence-corrected chi connectivity index (χ4v) is 8.83. The van der Waals surface area contributed by atoms with Crippen molar-refractivity contribution in [2.24, 2.45) is 17.8 Å². The van der Waals surface area contributed by atoms with Crippen molar-refractivity contribution in [3.05, 3.63) is 29.3 Å². The van der Waals surface area contributed by atoms with E-state index in [0.717, 1.165) is 51.1 Å². The predicted octanol–water partition coefficient (Wildman–Crippen LogP) is 4.42. The van der Waals surface area contributed by atoms with E-state index in [2.05, 4.69) is 67.2 Å². The van der Waals surface area contributed by atoms with Gasteiger partial charge >= 0.3 is 0 Å². The van der Waals surface area contributed by atoms with Crippen molar-refractivity contribution in [3.63, 3.8) is 0 Å². The van der Waals surface area contributed by atoms with Crippen LogP contribution in [-0.2, 0) is 25.5 Å². The van der Waals surface area contributed by atoms with E-state index in [1.54, 1.807) is 0 Å². The van der Waals surface area contributed by atoms with Crippen LogP contribution in [0.4, 0.5) is 5.69 Å². The van der Waals surface area contributed by atoms with E-state index in [9.17, 15) is 9.59 Å². The Hall–Kier alpha value is -2.16. The number of fused-ring (bicyclic) bond motifs is 2. The summed E-state index contributed by atoms with van der Waals surface area (Å²) in [5, 5.41) is 13.6. The average molecular weight is 593 g/mol. The molecule has 9 atom stereocenters. The number of hydrogen-bond donors (Lipinski definition) is 4. The lowest BCUT2D eigenvalue weighted by atomic mass is 9.72. The van der Waals surface area contributed by atoms with Gasteiger partial charge in [0.25, 0.3) is 0 Å².